The van der Waals surface area contributed by atoms with Gasteiger partial charge in [0.15, 0.2) is 0 Å². The molecule has 0 amide bonds. The molecule has 108 valence electrons. The molecule has 0 aromatic heterocycles. The highest BCUT2D eigenvalue weighted by molar-refractivity contribution is 6.50. The molecule has 0 saturated carbocycles. The molecule has 0 saturated heterocycles. The van der Waals surface area contributed by atoms with Crippen molar-refractivity contribution in [3.8, 4) is 0 Å². The van der Waals surface area contributed by atoms with E-state index in [1.54, 1.807) is 0 Å². The van der Waals surface area contributed by atoms with Crippen molar-refractivity contribution in [3.63, 3.8) is 0 Å². The molecule has 5 aromatic rings. The van der Waals surface area contributed by atoms with E-state index in [0.29, 0.717) is 5.03 Å². The first-order valence-corrected chi connectivity index (χ1v) is 8.06. The fourth-order valence-electron chi connectivity index (χ4n) is 3.88. The zero-order chi connectivity index (χ0) is 15.6. The van der Waals surface area contributed by atoms with Crippen molar-refractivity contribution in [2.45, 2.75) is 0 Å². The van der Waals surface area contributed by atoms with Crippen molar-refractivity contribution < 1.29 is 0 Å². The molecule has 1 heteroatoms. The molecule has 0 aliphatic carbocycles. The van der Waals surface area contributed by atoms with Crippen LogP contribution in [0.5, 0.6) is 0 Å². The Morgan fingerprint density at radius 1 is 0.609 bits per heavy atom. The summed E-state index contributed by atoms with van der Waals surface area (Å²) in [5, 5.41) is 10.8. The maximum absolute atomic E-state index is 6.23. The molecule has 0 bridgehead atoms. The van der Waals surface area contributed by atoms with Crippen LogP contribution in [0.1, 0.15) is 5.56 Å². The summed E-state index contributed by atoms with van der Waals surface area (Å²) >= 11 is 6.23. The highest BCUT2D eigenvalue weighted by atomic mass is 35.5. The molecule has 0 heterocycles. The van der Waals surface area contributed by atoms with Crippen molar-refractivity contribution in [2.24, 2.45) is 0 Å². The Morgan fingerprint density at radius 2 is 1.13 bits per heavy atom. The van der Waals surface area contributed by atoms with Gasteiger partial charge in [0.25, 0.3) is 0 Å². The first-order valence-electron chi connectivity index (χ1n) is 7.69. The summed E-state index contributed by atoms with van der Waals surface area (Å²) in [5.74, 6) is 0. The maximum Gasteiger partial charge on any atom is 0.0412 e. The van der Waals surface area contributed by atoms with E-state index in [-0.39, 0.29) is 0 Å². The van der Waals surface area contributed by atoms with Crippen LogP contribution in [0.15, 0.2) is 73.3 Å². The molecular formula is C22H13Cl. The van der Waals surface area contributed by atoms with Crippen LogP contribution in [0, 0.1) is 0 Å². The van der Waals surface area contributed by atoms with Gasteiger partial charge in [0.1, 0.15) is 0 Å². The Labute approximate surface area is 138 Å². The molecule has 0 aliphatic rings. The molecule has 0 fully saturated rings. The van der Waals surface area contributed by atoms with E-state index in [1.807, 2.05) is 0 Å². The third-order valence-electron chi connectivity index (χ3n) is 4.82. The lowest BCUT2D eigenvalue weighted by molar-refractivity contribution is 1.75. The maximum atomic E-state index is 6.23. The Hall–Kier alpha value is -2.57. The summed E-state index contributed by atoms with van der Waals surface area (Å²) in [6, 6.07) is 23.8. The first kappa shape index (κ1) is 12.9. The van der Waals surface area contributed by atoms with E-state index in [0.717, 1.165) is 5.56 Å². The van der Waals surface area contributed by atoms with Crippen molar-refractivity contribution in [1.82, 2.24) is 0 Å². The fourth-order valence-corrected chi connectivity index (χ4v) is 4.05. The summed E-state index contributed by atoms with van der Waals surface area (Å²) in [7, 11) is 0. The van der Waals surface area contributed by atoms with E-state index in [9.17, 15) is 0 Å². The minimum Gasteiger partial charge on any atom is -0.0843 e. The van der Waals surface area contributed by atoms with E-state index >= 15 is 0 Å². The zero-order valence-electron chi connectivity index (χ0n) is 12.4. The highest BCUT2D eigenvalue weighted by Crippen LogP contribution is 2.41. The Morgan fingerprint density at radius 3 is 1.78 bits per heavy atom. The molecule has 0 atom stereocenters. The predicted molar refractivity (Wildman–Crippen MR) is 103 cm³/mol. The number of fused-ring (bicyclic) bond motifs is 2. The Balaban J connectivity index is 2.21. The van der Waals surface area contributed by atoms with Gasteiger partial charge in [-0.15, -0.1) is 0 Å². The van der Waals surface area contributed by atoms with Crippen molar-refractivity contribution in [1.29, 1.82) is 0 Å². The molecule has 0 unspecified atom stereocenters. The summed E-state index contributed by atoms with van der Waals surface area (Å²) in [4.78, 5) is 0. The van der Waals surface area contributed by atoms with Crippen molar-refractivity contribution >= 4 is 59.7 Å². The molecule has 0 N–H and O–H groups in total. The zero-order valence-corrected chi connectivity index (χ0v) is 13.2. The van der Waals surface area contributed by atoms with E-state index in [4.69, 9.17) is 11.6 Å². The number of rotatable bonds is 1. The van der Waals surface area contributed by atoms with Crippen LogP contribution in [-0.4, -0.2) is 0 Å². The third-order valence-corrected chi connectivity index (χ3v) is 5.02. The van der Waals surface area contributed by atoms with Gasteiger partial charge in [-0.05, 0) is 43.1 Å². The molecule has 23 heavy (non-hydrogen) atoms. The van der Waals surface area contributed by atoms with Gasteiger partial charge in [-0.3, -0.25) is 0 Å². The van der Waals surface area contributed by atoms with Crippen LogP contribution in [0.4, 0.5) is 0 Å². The van der Waals surface area contributed by atoms with Gasteiger partial charge in [0.2, 0.25) is 0 Å². The van der Waals surface area contributed by atoms with Gasteiger partial charge in [0, 0.05) is 10.6 Å². The lowest BCUT2D eigenvalue weighted by Crippen LogP contribution is -1.89. The van der Waals surface area contributed by atoms with E-state index in [2.05, 4.69) is 73.3 Å². The van der Waals surface area contributed by atoms with Crippen LogP contribution in [0.3, 0.4) is 0 Å². The number of hydrogen-bond acceptors (Lipinski definition) is 0. The molecular weight excluding hydrogens is 300 g/mol. The minimum atomic E-state index is 0.589. The third kappa shape index (κ3) is 1.62. The molecule has 0 spiro atoms. The van der Waals surface area contributed by atoms with E-state index < -0.39 is 0 Å². The second-order valence-corrected chi connectivity index (χ2v) is 6.46. The fraction of sp³-hybridized carbons (Fsp3) is 0. The molecule has 5 rings (SSSR count). The van der Waals surface area contributed by atoms with Gasteiger partial charge in [-0.2, -0.15) is 0 Å². The minimum absolute atomic E-state index is 0.589. The van der Waals surface area contributed by atoms with Crippen LogP contribution in [0.25, 0.3) is 48.1 Å². The van der Waals surface area contributed by atoms with Gasteiger partial charge in [-0.1, -0.05) is 84.9 Å². The molecule has 0 nitrogen and oxygen atoms in total. The van der Waals surface area contributed by atoms with Crippen LogP contribution in [0.2, 0.25) is 0 Å². The van der Waals surface area contributed by atoms with Gasteiger partial charge >= 0.3 is 0 Å². The largest absolute Gasteiger partial charge is 0.0843 e. The Kier molecular flexibility index (Phi) is 2.51. The Bertz CT molecular complexity index is 1180. The number of halogens is 1. The summed E-state index contributed by atoms with van der Waals surface area (Å²) in [5.41, 5.74) is 1.01. The van der Waals surface area contributed by atoms with Crippen molar-refractivity contribution in [2.75, 3.05) is 0 Å². The topological polar surface area (TPSA) is 0 Å². The summed E-state index contributed by atoms with van der Waals surface area (Å²) in [6.07, 6.45) is 0. The number of hydrogen-bond donors (Lipinski definition) is 0. The average Bonchev–Trinajstić information content (AvgIpc) is 2.58. The first-order chi connectivity index (χ1) is 11.3. The smallest absolute Gasteiger partial charge is 0.0412 e. The predicted octanol–water partition coefficient (Wildman–Crippen LogP) is 6.95. The van der Waals surface area contributed by atoms with Crippen molar-refractivity contribution in [3.05, 3.63) is 78.9 Å². The van der Waals surface area contributed by atoms with Gasteiger partial charge in [0.05, 0.1) is 0 Å². The van der Waals surface area contributed by atoms with Gasteiger partial charge in [-0.25, -0.2) is 0 Å². The quantitative estimate of drug-likeness (QED) is 0.232. The molecule has 0 radical (unpaired) electrons. The summed E-state index contributed by atoms with van der Waals surface area (Å²) in [6.45, 7) is 3.93. The van der Waals surface area contributed by atoms with E-state index in [1.165, 1.54) is 43.1 Å². The normalized spacial score (nSPS) is 11.9. The summed E-state index contributed by atoms with van der Waals surface area (Å²) < 4.78 is 0. The number of benzene rings is 5. The monoisotopic (exact) mass is 312 g/mol. The molecule has 5 aromatic carbocycles. The average molecular weight is 313 g/mol. The lowest BCUT2D eigenvalue weighted by Gasteiger charge is -2.15. The van der Waals surface area contributed by atoms with Crippen LogP contribution < -0.4 is 0 Å². The van der Waals surface area contributed by atoms with Crippen LogP contribution >= 0.6 is 11.6 Å². The molecule has 0 aliphatic heterocycles. The second-order valence-electron chi connectivity index (χ2n) is 6.00. The van der Waals surface area contributed by atoms with Gasteiger partial charge < -0.3 is 0 Å². The second kappa shape index (κ2) is 4.47. The SMILES string of the molecule is C=C(Cl)c1ccc2c3cccc4cccc(c5cccc1c52)c43. The van der Waals surface area contributed by atoms with Crippen LogP contribution in [-0.2, 0) is 0 Å². The standard InChI is InChI=1S/C22H13Cl/c1-13(23)15-11-12-20-18-8-3-6-14-5-2-7-17(21(14)18)19-10-4-9-16(15)22(19)20/h2-12H,1H2. The highest BCUT2D eigenvalue weighted by Gasteiger charge is 2.14. The lowest BCUT2D eigenvalue weighted by atomic mass is 9.88.